The molecule has 20 nitrogen and oxygen atoms in total. The van der Waals surface area contributed by atoms with E-state index in [1.54, 1.807) is 84.0 Å². The van der Waals surface area contributed by atoms with Gasteiger partial charge in [-0.3, -0.25) is 18.9 Å². The Labute approximate surface area is 410 Å². The quantitative estimate of drug-likeness (QED) is 0.0953. The maximum Gasteiger partial charge on any atom is 0.408 e. The van der Waals surface area contributed by atoms with Crippen LogP contribution in [0.1, 0.15) is 60.8 Å². The number of halogens is 2. The Morgan fingerprint density at radius 2 is 0.882 bits per heavy atom. The highest BCUT2D eigenvalue weighted by atomic mass is 35.5. The van der Waals surface area contributed by atoms with Gasteiger partial charge in [-0.05, 0) is 77.9 Å². The lowest BCUT2D eigenvalue weighted by Gasteiger charge is -2.22. The fourth-order valence-electron chi connectivity index (χ4n) is 4.11. The van der Waals surface area contributed by atoms with Crippen molar-refractivity contribution in [2.45, 2.75) is 105 Å². The van der Waals surface area contributed by atoms with Crippen molar-refractivity contribution in [3.63, 3.8) is 0 Å². The Morgan fingerprint density at radius 3 is 1.18 bits per heavy atom. The van der Waals surface area contributed by atoms with Crippen LogP contribution in [0.2, 0.25) is 0 Å². The molecule has 68 heavy (non-hydrogen) atoms. The van der Waals surface area contributed by atoms with Gasteiger partial charge in [-0.25, -0.2) is 35.9 Å². The number of nitrogens with two attached hydrogens (primary N) is 2. The van der Waals surface area contributed by atoms with Crippen molar-refractivity contribution in [2.24, 2.45) is 11.5 Å². The number of rotatable bonds is 13. The molecule has 0 aliphatic rings. The molecule has 0 aliphatic heterocycles. The van der Waals surface area contributed by atoms with Crippen molar-refractivity contribution < 1.29 is 63.3 Å². The zero-order chi connectivity index (χ0) is 50.9. The van der Waals surface area contributed by atoms with Crippen molar-refractivity contribution in [1.82, 2.24) is 20.1 Å². The van der Waals surface area contributed by atoms with Crippen molar-refractivity contribution in [2.75, 3.05) is 0 Å². The molecule has 5 amide bonds. The maximum absolute atomic E-state index is 12.2. The summed E-state index contributed by atoms with van der Waals surface area (Å²) in [5, 5.41) is 4.56. The minimum absolute atomic E-state index is 0. The molecule has 0 bridgehead atoms. The van der Waals surface area contributed by atoms with E-state index >= 15 is 0 Å². The van der Waals surface area contributed by atoms with Crippen LogP contribution in [0.4, 0.5) is 9.59 Å². The van der Waals surface area contributed by atoms with E-state index in [2.05, 4.69) is 28.4 Å². The summed E-state index contributed by atoms with van der Waals surface area (Å²) < 4.78 is 90.7. The number of ether oxygens (including phenoxy) is 2. The summed E-state index contributed by atoms with van der Waals surface area (Å²) in [4.78, 5) is 57.3. The molecule has 25 heteroatoms. The second kappa shape index (κ2) is 30.8. The van der Waals surface area contributed by atoms with E-state index in [-0.39, 0.29) is 58.8 Å². The summed E-state index contributed by atoms with van der Waals surface area (Å²) in [6.45, 7) is 10.1. The standard InChI is InChI=1S/C16H20N2O5S.C11H12N2O3S.C10H16N2O3.C6H6O3S.2ClH/c1-5-9-13(17-15(20)23-16(2,3)4)14(19)18-24(21,22)12-10-7-6-8-11-12;1-2-6-10(12)11(14)13-17(15,16)9-7-4-3-5-8-9;1-5-6-7(8(11)13)12-9(14)15-10(2,3)4;7-10(8,9)6-4-2-1-3-5-6;;/h1,6-8,10-11,13H,9H2,2-4H3,(H,17,20)(H,18,19);1,3-5,7-8,10H,6,12H2,(H,13,14);1,7H,6H2,2-4H3,(H2,11,13)(H,12,14);1-5H,(H,7,8,9);2*1H/t13-;10-;7-;;;/m000.../s1. The molecule has 9 N–H and O–H groups in total. The molecule has 0 saturated heterocycles. The lowest BCUT2D eigenvalue weighted by molar-refractivity contribution is -0.121. The highest BCUT2D eigenvalue weighted by Gasteiger charge is 2.28. The van der Waals surface area contributed by atoms with E-state index in [1.807, 2.05) is 9.44 Å². The normalized spacial score (nSPS) is 12.0. The maximum atomic E-state index is 12.2. The second-order valence-corrected chi connectivity index (χ2v) is 19.8. The molecule has 0 unspecified atom stereocenters. The van der Waals surface area contributed by atoms with Crippen LogP contribution >= 0.6 is 24.8 Å². The average Bonchev–Trinajstić information content (AvgIpc) is 3.20. The van der Waals surface area contributed by atoms with E-state index in [0.717, 1.165) is 0 Å². The number of benzene rings is 3. The van der Waals surface area contributed by atoms with E-state index in [9.17, 15) is 49.2 Å². The zero-order valence-corrected chi connectivity index (χ0v) is 41.8. The van der Waals surface area contributed by atoms with Crippen molar-refractivity contribution in [3.8, 4) is 37.0 Å². The van der Waals surface area contributed by atoms with Gasteiger partial charge in [0.25, 0.3) is 42.0 Å². The monoisotopic (exact) mass is 1050 g/mol. The molecule has 0 aromatic heterocycles. The van der Waals surface area contributed by atoms with Crippen LogP contribution in [0.15, 0.2) is 106 Å². The molecule has 3 aromatic carbocycles. The number of hydrogen-bond donors (Lipinski definition) is 7. The fourth-order valence-corrected chi connectivity index (χ4v) is 6.70. The van der Waals surface area contributed by atoms with Gasteiger partial charge in [0.2, 0.25) is 5.91 Å². The molecule has 0 spiro atoms. The molecule has 0 aliphatic carbocycles. The van der Waals surface area contributed by atoms with Crippen molar-refractivity contribution in [3.05, 3.63) is 91.0 Å². The third-order valence-corrected chi connectivity index (χ3v) is 10.6. The predicted molar refractivity (Wildman–Crippen MR) is 258 cm³/mol. The number of carbonyl (C=O) groups is 5. The molecular weight excluding hydrogens is 992 g/mol. The first-order chi connectivity index (χ1) is 30.4. The lowest BCUT2D eigenvalue weighted by Crippen LogP contribution is -2.49. The molecule has 3 rings (SSSR count). The molecule has 3 atom stereocenters. The van der Waals surface area contributed by atoms with Gasteiger partial charge in [-0.2, -0.15) is 8.42 Å². The minimum atomic E-state index is -4.05. The Bertz CT molecular complexity index is 2560. The summed E-state index contributed by atoms with van der Waals surface area (Å²) in [6, 6.07) is 19.2. The average molecular weight is 1050 g/mol. The first-order valence-electron chi connectivity index (χ1n) is 19.0. The molecule has 3 aromatic rings. The fraction of sp³-hybridized carbons (Fsp3) is 0.326. The number of hydrogen-bond acceptors (Lipinski definition) is 14. The van der Waals surface area contributed by atoms with Gasteiger partial charge in [-0.1, -0.05) is 54.6 Å². The van der Waals surface area contributed by atoms with Gasteiger partial charge < -0.3 is 31.6 Å². The molecular formula is C43H56Cl2N6O14S3. The molecule has 0 heterocycles. The third kappa shape index (κ3) is 28.6. The van der Waals surface area contributed by atoms with Gasteiger partial charge in [0.15, 0.2) is 0 Å². The number of sulfonamides is 2. The van der Waals surface area contributed by atoms with Gasteiger partial charge in [0.05, 0.1) is 20.7 Å². The first kappa shape index (κ1) is 65.9. The summed E-state index contributed by atoms with van der Waals surface area (Å²) in [5.74, 6) is 4.22. The van der Waals surface area contributed by atoms with E-state index in [0.29, 0.717) is 0 Å². The molecule has 0 saturated carbocycles. The highest BCUT2D eigenvalue weighted by molar-refractivity contribution is 7.90. The Balaban J connectivity index is -0.000000855. The van der Waals surface area contributed by atoms with Crippen LogP contribution in [-0.2, 0) is 54.0 Å². The molecule has 0 radical (unpaired) electrons. The van der Waals surface area contributed by atoms with Crippen molar-refractivity contribution >= 4 is 84.9 Å². The van der Waals surface area contributed by atoms with Crippen LogP contribution in [0, 0.1) is 37.0 Å². The summed E-state index contributed by atoms with van der Waals surface area (Å²) in [6.07, 6.45) is 13.5. The van der Waals surface area contributed by atoms with Crippen LogP contribution in [-0.4, -0.2) is 89.0 Å². The lowest BCUT2D eigenvalue weighted by atomic mass is 10.2. The Kier molecular flexibility index (Phi) is 29.9. The summed E-state index contributed by atoms with van der Waals surface area (Å²) in [5.41, 5.74) is 9.03. The number of alkyl carbamates (subject to hydrolysis) is 2. The third-order valence-electron chi connectivity index (χ3n) is 6.98. The van der Waals surface area contributed by atoms with Gasteiger partial charge in [0.1, 0.15) is 23.3 Å². The van der Waals surface area contributed by atoms with Gasteiger partial charge in [-0.15, -0.1) is 61.8 Å². The van der Waals surface area contributed by atoms with Gasteiger partial charge >= 0.3 is 12.2 Å². The number of carbonyl (C=O) groups excluding carboxylic acids is 5. The van der Waals surface area contributed by atoms with E-state index in [4.69, 9.17) is 44.8 Å². The molecule has 0 fully saturated rings. The number of primary amides is 1. The van der Waals surface area contributed by atoms with Crippen LogP contribution in [0.25, 0.3) is 0 Å². The Morgan fingerprint density at radius 1 is 0.574 bits per heavy atom. The number of nitrogens with one attached hydrogen (secondary N) is 4. The first-order valence-corrected chi connectivity index (χ1v) is 23.4. The summed E-state index contributed by atoms with van der Waals surface area (Å²) in [7, 11) is -11.9. The topological polar surface area (TPSA) is 327 Å². The Hall–Kier alpha value is -6.36. The van der Waals surface area contributed by atoms with E-state index < -0.39 is 89.4 Å². The number of amides is 5. The van der Waals surface area contributed by atoms with E-state index in [1.165, 1.54) is 48.5 Å². The second-order valence-electron chi connectivity index (χ2n) is 15.0. The van der Waals surface area contributed by atoms with Crippen LogP contribution < -0.4 is 31.5 Å². The highest BCUT2D eigenvalue weighted by Crippen LogP contribution is 2.11. The number of terminal acetylenes is 3. The van der Waals surface area contributed by atoms with Gasteiger partial charge in [0, 0.05) is 19.3 Å². The SMILES string of the molecule is C#CC[C@H](N)C(=O)NS(=O)(=O)c1ccccc1.C#CC[C@H](NC(=O)OC(C)(C)C)C(=O)NS(=O)(=O)c1ccccc1.C#CC[C@H](NC(=O)OC(C)(C)C)C(N)=O.Cl.Cl.O=S(=O)(O)c1ccccc1. The smallest absolute Gasteiger partial charge is 0.408 e. The predicted octanol–water partition coefficient (Wildman–Crippen LogP) is 3.42. The molecule has 374 valence electrons. The van der Waals surface area contributed by atoms with Crippen LogP contribution in [0.5, 0.6) is 0 Å². The van der Waals surface area contributed by atoms with Crippen LogP contribution in [0.3, 0.4) is 0 Å². The van der Waals surface area contributed by atoms with Crippen molar-refractivity contribution in [1.29, 1.82) is 0 Å². The minimum Gasteiger partial charge on any atom is -0.444 e. The largest absolute Gasteiger partial charge is 0.444 e. The summed E-state index contributed by atoms with van der Waals surface area (Å²) >= 11 is 0. The zero-order valence-electron chi connectivity index (χ0n) is 37.7.